The summed E-state index contributed by atoms with van der Waals surface area (Å²) in [5.74, 6) is -1.24. The third kappa shape index (κ3) is 2.12. The minimum atomic E-state index is -1.24. The van der Waals surface area contributed by atoms with Crippen molar-refractivity contribution < 1.29 is 14.9 Å². The second-order valence-electron chi connectivity index (χ2n) is 2.10. The molecule has 0 saturated carbocycles. The average Bonchev–Trinajstić information content (AvgIpc) is 2.03. The van der Waals surface area contributed by atoms with E-state index in [2.05, 4.69) is 4.98 Å². The van der Waals surface area contributed by atoms with Gasteiger partial charge in [-0.1, -0.05) is 0 Å². The van der Waals surface area contributed by atoms with Gasteiger partial charge < -0.3 is 5.11 Å². The van der Waals surface area contributed by atoms with Crippen molar-refractivity contribution in [3.8, 4) is 0 Å². The summed E-state index contributed by atoms with van der Waals surface area (Å²) in [6, 6.07) is 1.17. The van der Waals surface area contributed by atoms with Crippen LogP contribution < -0.4 is 5.43 Å². The first-order chi connectivity index (χ1) is 6.11. The molecule has 0 aliphatic rings. The van der Waals surface area contributed by atoms with Crippen molar-refractivity contribution in [1.29, 1.82) is 0 Å². The smallest absolute Gasteiger partial charge is 0.338 e. The Hall–Kier alpha value is -2.18. The molecule has 13 heavy (non-hydrogen) atoms. The number of rotatable bonds is 3. The van der Waals surface area contributed by atoms with Crippen LogP contribution in [0.4, 0.5) is 5.69 Å². The first kappa shape index (κ1) is 8.91. The molecule has 7 nitrogen and oxygen atoms in total. The molecule has 0 fully saturated rings. The number of aromatic nitrogens is 1. The number of pyridine rings is 1. The van der Waals surface area contributed by atoms with Crippen LogP contribution in [0, 0.1) is 10.1 Å². The summed E-state index contributed by atoms with van der Waals surface area (Å²) in [5, 5.41) is 17.8. The Balaban J connectivity index is 3.04. The summed E-state index contributed by atoms with van der Waals surface area (Å²) in [4.78, 5) is 24.1. The zero-order chi connectivity index (χ0) is 9.84. The second-order valence-corrected chi connectivity index (χ2v) is 2.10. The maximum absolute atomic E-state index is 10.5. The molecule has 0 aromatic carbocycles. The fraction of sp³-hybridized carbons (Fsp3) is 0. The van der Waals surface area contributed by atoms with E-state index in [9.17, 15) is 14.9 Å². The number of anilines is 1. The van der Waals surface area contributed by atoms with Crippen LogP contribution >= 0.6 is 0 Å². The molecular formula is C6H5N3O4. The van der Waals surface area contributed by atoms with Crippen molar-refractivity contribution in [3.63, 3.8) is 0 Å². The number of carbonyl (C=O) groups is 1. The van der Waals surface area contributed by atoms with Gasteiger partial charge in [0.15, 0.2) is 5.03 Å². The Kier molecular flexibility index (Phi) is 2.38. The number of hydrogen-bond donors (Lipinski definition) is 2. The Morgan fingerprint density at radius 1 is 1.69 bits per heavy atom. The van der Waals surface area contributed by atoms with Crippen molar-refractivity contribution in [2.24, 2.45) is 0 Å². The van der Waals surface area contributed by atoms with Gasteiger partial charge in [-0.05, 0) is 6.07 Å². The lowest BCUT2D eigenvalue weighted by Gasteiger charge is -1.99. The zero-order valence-electron chi connectivity index (χ0n) is 6.30. The molecule has 0 spiro atoms. The molecule has 1 heterocycles. The molecule has 68 valence electrons. The topological polar surface area (TPSA) is 105 Å². The van der Waals surface area contributed by atoms with Gasteiger partial charge in [-0.25, -0.2) is 14.9 Å². The summed E-state index contributed by atoms with van der Waals surface area (Å²) in [6.45, 7) is 0. The van der Waals surface area contributed by atoms with Gasteiger partial charge >= 0.3 is 5.97 Å². The number of carboxylic acid groups (broad SMARTS) is 1. The molecule has 7 heteroatoms. The van der Waals surface area contributed by atoms with Crippen LogP contribution in [-0.2, 0) is 0 Å². The predicted molar refractivity (Wildman–Crippen MR) is 41.8 cm³/mol. The lowest BCUT2D eigenvalue weighted by Crippen LogP contribution is -2.12. The first-order valence-corrected chi connectivity index (χ1v) is 3.19. The fourth-order valence-electron chi connectivity index (χ4n) is 0.768. The van der Waals surface area contributed by atoms with E-state index in [1.807, 2.05) is 0 Å². The summed E-state index contributed by atoms with van der Waals surface area (Å²) >= 11 is 0. The number of nitrogens with zero attached hydrogens (tertiary/aromatic N) is 2. The van der Waals surface area contributed by atoms with Crippen molar-refractivity contribution in [3.05, 3.63) is 34.1 Å². The highest BCUT2D eigenvalue weighted by Gasteiger charge is 2.12. The third-order valence-electron chi connectivity index (χ3n) is 1.26. The van der Waals surface area contributed by atoms with E-state index in [1.165, 1.54) is 12.3 Å². The molecule has 1 aromatic rings. The van der Waals surface area contributed by atoms with Gasteiger partial charge in [0.2, 0.25) is 0 Å². The molecule has 0 aliphatic carbocycles. The number of nitro groups is 1. The SMILES string of the molecule is O=C(O)c1ccncc1N[N+](=O)[O-]. The minimum Gasteiger partial charge on any atom is -0.478 e. The van der Waals surface area contributed by atoms with Crippen LogP contribution in [0.2, 0.25) is 0 Å². The summed E-state index contributed by atoms with van der Waals surface area (Å²) in [7, 11) is 0. The van der Waals surface area contributed by atoms with Gasteiger partial charge in [-0.15, -0.1) is 5.43 Å². The molecule has 0 atom stereocenters. The molecule has 0 radical (unpaired) electrons. The van der Waals surface area contributed by atoms with E-state index in [0.29, 0.717) is 0 Å². The Bertz CT molecular complexity index is 351. The van der Waals surface area contributed by atoms with Gasteiger partial charge in [0.05, 0.1) is 11.8 Å². The molecule has 2 N–H and O–H groups in total. The van der Waals surface area contributed by atoms with Gasteiger partial charge in [0.25, 0.3) is 0 Å². The van der Waals surface area contributed by atoms with Crippen LogP contribution in [0.1, 0.15) is 10.4 Å². The van der Waals surface area contributed by atoms with E-state index in [-0.39, 0.29) is 11.3 Å². The lowest BCUT2D eigenvalue weighted by molar-refractivity contribution is -0.445. The number of aromatic carboxylic acids is 1. The number of nitrogens with one attached hydrogen (secondary N) is 1. The van der Waals surface area contributed by atoms with E-state index >= 15 is 0 Å². The Morgan fingerprint density at radius 2 is 2.38 bits per heavy atom. The molecule has 0 saturated heterocycles. The molecule has 0 amide bonds. The van der Waals surface area contributed by atoms with Crippen LogP contribution in [0.25, 0.3) is 0 Å². The number of hydrogen-bond acceptors (Lipinski definition) is 4. The van der Waals surface area contributed by atoms with Crippen LogP contribution in [-0.4, -0.2) is 21.1 Å². The van der Waals surface area contributed by atoms with Crippen molar-refractivity contribution in [2.75, 3.05) is 5.43 Å². The van der Waals surface area contributed by atoms with E-state index < -0.39 is 11.0 Å². The zero-order valence-corrected chi connectivity index (χ0v) is 6.30. The summed E-state index contributed by atoms with van der Waals surface area (Å²) in [6.07, 6.45) is 2.32. The summed E-state index contributed by atoms with van der Waals surface area (Å²) < 4.78 is 0. The maximum Gasteiger partial charge on any atom is 0.338 e. The van der Waals surface area contributed by atoms with Gasteiger partial charge in [0, 0.05) is 6.20 Å². The lowest BCUT2D eigenvalue weighted by atomic mass is 10.2. The fourth-order valence-corrected chi connectivity index (χ4v) is 0.768. The predicted octanol–water partition coefficient (Wildman–Crippen LogP) is 0.383. The molecule has 1 rings (SSSR count). The molecule has 0 bridgehead atoms. The number of carboxylic acids is 1. The van der Waals surface area contributed by atoms with Gasteiger partial charge in [0.1, 0.15) is 5.69 Å². The van der Waals surface area contributed by atoms with Crippen LogP contribution in [0.3, 0.4) is 0 Å². The van der Waals surface area contributed by atoms with E-state index in [4.69, 9.17) is 5.11 Å². The highest BCUT2D eigenvalue weighted by molar-refractivity contribution is 5.93. The van der Waals surface area contributed by atoms with Crippen LogP contribution in [0.5, 0.6) is 0 Å². The minimum absolute atomic E-state index is 0.139. The normalized spacial score (nSPS) is 9.23. The molecule has 0 unspecified atom stereocenters. The molecule has 0 aliphatic heterocycles. The maximum atomic E-state index is 10.5. The Labute approximate surface area is 72.1 Å². The Morgan fingerprint density at radius 3 is 2.92 bits per heavy atom. The summed E-state index contributed by atoms with van der Waals surface area (Å²) in [5.41, 5.74) is 1.41. The standard InChI is InChI=1S/C6H5N3O4/c10-6(11)4-1-2-7-3-5(4)8-9(12)13/h1-3,8H,(H,10,11). The van der Waals surface area contributed by atoms with Crippen molar-refractivity contribution >= 4 is 11.7 Å². The molecule has 1 aromatic heterocycles. The van der Waals surface area contributed by atoms with Gasteiger partial charge in [-0.3, -0.25) is 4.98 Å². The first-order valence-electron chi connectivity index (χ1n) is 3.19. The second kappa shape index (κ2) is 3.48. The highest BCUT2D eigenvalue weighted by atomic mass is 16.7. The van der Waals surface area contributed by atoms with E-state index in [1.54, 1.807) is 5.43 Å². The quantitative estimate of drug-likeness (QED) is 0.518. The average molecular weight is 183 g/mol. The monoisotopic (exact) mass is 183 g/mol. The van der Waals surface area contributed by atoms with Crippen molar-refractivity contribution in [2.45, 2.75) is 0 Å². The number of hydrazine groups is 1. The third-order valence-corrected chi connectivity index (χ3v) is 1.26. The van der Waals surface area contributed by atoms with Gasteiger partial charge in [-0.2, -0.15) is 0 Å². The highest BCUT2D eigenvalue weighted by Crippen LogP contribution is 2.12. The largest absolute Gasteiger partial charge is 0.478 e. The molecular weight excluding hydrogens is 178 g/mol. The van der Waals surface area contributed by atoms with Crippen molar-refractivity contribution in [1.82, 2.24) is 4.98 Å². The van der Waals surface area contributed by atoms with E-state index in [0.717, 1.165) is 6.20 Å². The van der Waals surface area contributed by atoms with Crippen LogP contribution in [0.15, 0.2) is 18.5 Å².